The third kappa shape index (κ3) is 4.76. The van der Waals surface area contributed by atoms with Gasteiger partial charge in [0.05, 0.1) is 12.9 Å². The monoisotopic (exact) mass is 428 g/mol. The summed E-state index contributed by atoms with van der Waals surface area (Å²) < 4.78 is 14.4. The molecule has 0 atom stereocenters. The standard InChI is InChI=1S/C22H28N4O3S/c1-15-13-19(16(2)26(15)11-6-12-28-4)20(27)14-30-22-24-23-21(25(22)3)17-7-9-18(29-5)10-8-17/h7-10,13H,6,11-12,14H2,1-5H3. The molecule has 2 aromatic heterocycles. The van der Waals surface area contributed by atoms with Gasteiger partial charge in [0.2, 0.25) is 0 Å². The molecule has 0 bridgehead atoms. The molecule has 3 aromatic rings. The fraction of sp³-hybridized carbons (Fsp3) is 0.409. The van der Waals surface area contributed by atoms with E-state index in [4.69, 9.17) is 9.47 Å². The van der Waals surface area contributed by atoms with E-state index < -0.39 is 0 Å². The van der Waals surface area contributed by atoms with Gasteiger partial charge >= 0.3 is 0 Å². The van der Waals surface area contributed by atoms with Crippen LogP contribution in [0.5, 0.6) is 5.75 Å². The fourth-order valence-electron chi connectivity index (χ4n) is 3.43. The Kier molecular flexibility index (Phi) is 7.33. The number of nitrogens with zero attached hydrogens (tertiary/aromatic N) is 4. The first-order chi connectivity index (χ1) is 14.5. The molecule has 0 saturated carbocycles. The van der Waals surface area contributed by atoms with E-state index in [0.29, 0.717) is 17.5 Å². The first-order valence-electron chi connectivity index (χ1n) is 9.81. The number of rotatable bonds is 10. The third-order valence-corrected chi connectivity index (χ3v) is 6.14. The first kappa shape index (κ1) is 22.1. The number of Topliss-reactive ketones (excluding diaryl/α,β-unsaturated/α-hetero) is 1. The molecule has 8 heteroatoms. The molecule has 0 amide bonds. The number of hydrogen-bond donors (Lipinski definition) is 0. The first-order valence-corrected chi connectivity index (χ1v) is 10.8. The van der Waals surface area contributed by atoms with Crippen LogP contribution >= 0.6 is 11.8 Å². The lowest BCUT2D eigenvalue weighted by Crippen LogP contribution is -2.08. The van der Waals surface area contributed by atoms with Crippen molar-refractivity contribution >= 4 is 17.5 Å². The van der Waals surface area contributed by atoms with Crippen LogP contribution in [-0.2, 0) is 18.3 Å². The van der Waals surface area contributed by atoms with Gasteiger partial charge in [-0.05, 0) is 50.6 Å². The Morgan fingerprint density at radius 2 is 1.87 bits per heavy atom. The van der Waals surface area contributed by atoms with Crippen LogP contribution < -0.4 is 4.74 Å². The van der Waals surface area contributed by atoms with Crippen LogP contribution in [0, 0.1) is 13.8 Å². The SMILES string of the molecule is COCCCn1c(C)cc(C(=O)CSc2nnc(-c3ccc(OC)cc3)n2C)c1C. The number of benzene rings is 1. The van der Waals surface area contributed by atoms with Crippen molar-refractivity contribution in [2.24, 2.45) is 7.05 Å². The Bertz CT molecular complexity index is 1010. The van der Waals surface area contributed by atoms with Gasteiger partial charge in [-0.15, -0.1) is 10.2 Å². The van der Waals surface area contributed by atoms with Gasteiger partial charge in [-0.3, -0.25) is 4.79 Å². The van der Waals surface area contributed by atoms with Gasteiger partial charge in [0, 0.05) is 49.8 Å². The molecule has 0 saturated heterocycles. The van der Waals surface area contributed by atoms with Crippen molar-refractivity contribution in [3.05, 3.63) is 47.3 Å². The predicted octanol–water partition coefficient (Wildman–Crippen LogP) is 3.92. The highest BCUT2D eigenvalue weighted by Gasteiger charge is 2.18. The molecule has 0 aliphatic heterocycles. The molecule has 2 heterocycles. The highest BCUT2D eigenvalue weighted by atomic mass is 32.2. The summed E-state index contributed by atoms with van der Waals surface area (Å²) in [7, 11) is 5.25. The Morgan fingerprint density at radius 3 is 2.53 bits per heavy atom. The number of aryl methyl sites for hydroxylation is 1. The molecule has 0 N–H and O–H groups in total. The molecule has 0 fully saturated rings. The highest BCUT2D eigenvalue weighted by molar-refractivity contribution is 7.99. The van der Waals surface area contributed by atoms with Crippen molar-refractivity contribution in [2.45, 2.75) is 32.0 Å². The van der Waals surface area contributed by atoms with E-state index in [0.717, 1.165) is 47.1 Å². The van der Waals surface area contributed by atoms with E-state index >= 15 is 0 Å². The van der Waals surface area contributed by atoms with E-state index in [2.05, 4.69) is 14.8 Å². The largest absolute Gasteiger partial charge is 0.497 e. The molecule has 0 radical (unpaired) electrons. The van der Waals surface area contributed by atoms with Crippen molar-refractivity contribution in [1.29, 1.82) is 0 Å². The zero-order valence-electron chi connectivity index (χ0n) is 18.1. The molecule has 0 spiro atoms. The van der Waals surface area contributed by atoms with Crippen molar-refractivity contribution in [2.75, 3.05) is 26.6 Å². The Morgan fingerprint density at radius 1 is 1.13 bits per heavy atom. The lowest BCUT2D eigenvalue weighted by Gasteiger charge is -2.09. The molecule has 3 rings (SSSR count). The van der Waals surface area contributed by atoms with Crippen LogP contribution in [0.25, 0.3) is 11.4 Å². The summed E-state index contributed by atoms with van der Waals surface area (Å²) >= 11 is 1.40. The fourth-order valence-corrected chi connectivity index (χ4v) is 4.23. The lowest BCUT2D eigenvalue weighted by atomic mass is 10.2. The van der Waals surface area contributed by atoms with Crippen LogP contribution in [-0.4, -0.2) is 51.7 Å². The minimum Gasteiger partial charge on any atom is -0.497 e. The number of carbonyl (C=O) groups is 1. The summed E-state index contributed by atoms with van der Waals surface area (Å²) in [6.07, 6.45) is 0.919. The van der Waals surface area contributed by atoms with E-state index in [1.807, 2.05) is 55.8 Å². The second kappa shape index (κ2) is 9.95. The van der Waals surface area contributed by atoms with Gasteiger partial charge < -0.3 is 18.6 Å². The maximum Gasteiger partial charge on any atom is 0.191 e. The molecule has 1 aromatic carbocycles. The van der Waals surface area contributed by atoms with Crippen LogP contribution in [0.2, 0.25) is 0 Å². The molecular formula is C22H28N4O3S. The Hall–Kier alpha value is -2.58. The van der Waals surface area contributed by atoms with Crippen LogP contribution in [0.3, 0.4) is 0 Å². The summed E-state index contributed by atoms with van der Waals surface area (Å²) in [6, 6.07) is 9.65. The highest BCUT2D eigenvalue weighted by Crippen LogP contribution is 2.26. The number of methoxy groups -OCH3 is 2. The Balaban J connectivity index is 1.68. The van der Waals surface area contributed by atoms with Crippen molar-refractivity contribution in [3.63, 3.8) is 0 Å². The maximum absolute atomic E-state index is 12.9. The molecule has 0 aliphatic carbocycles. The molecule has 0 aliphatic rings. The minimum atomic E-state index is 0.0973. The van der Waals surface area contributed by atoms with Crippen molar-refractivity contribution < 1.29 is 14.3 Å². The Labute approximate surface area is 181 Å². The molecule has 0 unspecified atom stereocenters. The summed E-state index contributed by atoms with van der Waals surface area (Å²) in [5, 5.41) is 9.27. The minimum absolute atomic E-state index is 0.0973. The number of ketones is 1. The smallest absolute Gasteiger partial charge is 0.191 e. The van der Waals surface area contributed by atoms with Crippen LogP contribution in [0.15, 0.2) is 35.5 Å². The molecule has 160 valence electrons. The van der Waals surface area contributed by atoms with Crippen molar-refractivity contribution in [1.82, 2.24) is 19.3 Å². The van der Waals surface area contributed by atoms with Crippen LogP contribution in [0.4, 0.5) is 0 Å². The molecular weight excluding hydrogens is 400 g/mol. The number of ether oxygens (including phenoxy) is 2. The maximum atomic E-state index is 12.9. The normalized spacial score (nSPS) is 11.1. The van der Waals surface area contributed by atoms with E-state index in [1.54, 1.807) is 14.2 Å². The zero-order valence-corrected chi connectivity index (χ0v) is 19.0. The number of aromatic nitrogens is 4. The average molecular weight is 429 g/mol. The zero-order chi connectivity index (χ0) is 21.7. The lowest BCUT2D eigenvalue weighted by molar-refractivity contribution is 0.102. The number of thioether (sulfide) groups is 1. The van der Waals surface area contributed by atoms with Gasteiger partial charge in [-0.1, -0.05) is 11.8 Å². The summed E-state index contributed by atoms with van der Waals surface area (Å²) in [5.74, 6) is 1.96. The van der Waals surface area contributed by atoms with Gasteiger partial charge in [0.25, 0.3) is 0 Å². The molecule has 30 heavy (non-hydrogen) atoms. The second-order valence-corrected chi connectivity index (χ2v) is 8.03. The van der Waals surface area contributed by atoms with Gasteiger partial charge in [-0.25, -0.2) is 0 Å². The summed E-state index contributed by atoms with van der Waals surface area (Å²) in [5.41, 5.74) is 3.82. The molecule has 7 nitrogen and oxygen atoms in total. The number of hydrogen-bond acceptors (Lipinski definition) is 6. The average Bonchev–Trinajstić information content (AvgIpc) is 3.26. The van der Waals surface area contributed by atoms with Crippen LogP contribution in [0.1, 0.15) is 28.2 Å². The quantitative estimate of drug-likeness (QED) is 0.277. The van der Waals surface area contributed by atoms with E-state index in [-0.39, 0.29) is 5.78 Å². The van der Waals surface area contributed by atoms with Gasteiger partial charge in [-0.2, -0.15) is 0 Å². The van der Waals surface area contributed by atoms with Crippen molar-refractivity contribution in [3.8, 4) is 17.1 Å². The summed E-state index contributed by atoms with van der Waals surface area (Å²) in [4.78, 5) is 12.9. The van der Waals surface area contributed by atoms with E-state index in [9.17, 15) is 4.79 Å². The second-order valence-electron chi connectivity index (χ2n) is 7.09. The predicted molar refractivity (Wildman–Crippen MR) is 118 cm³/mol. The third-order valence-electron chi connectivity index (χ3n) is 5.12. The number of carbonyl (C=O) groups excluding carboxylic acids is 1. The van der Waals surface area contributed by atoms with E-state index in [1.165, 1.54) is 11.8 Å². The van der Waals surface area contributed by atoms with Gasteiger partial charge in [0.15, 0.2) is 16.8 Å². The van der Waals surface area contributed by atoms with Gasteiger partial charge in [0.1, 0.15) is 5.75 Å². The topological polar surface area (TPSA) is 71.2 Å². The summed E-state index contributed by atoms with van der Waals surface area (Å²) in [6.45, 7) is 5.59.